The summed E-state index contributed by atoms with van der Waals surface area (Å²) in [4.78, 5) is 38.2. The average Bonchev–Trinajstić information content (AvgIpc) is 2.68. The number of benzene rings is 1. The predicted molar refractivity (Wildman–Crippen MR) is 104 cm³/mol. The lowest BCUT2D eigenvalue weighted by Gasteiger charge is -2.38. The Morgan fingerprint density at radius 1 is 1.25 bits per heavy atom. The first-order valence-corrected chi connectivity index (χ1v) is 9.40. The first-order chi connectivity index (χ1) is 13.3. The maximum Gasteiger partial charge on any atom is 0.320 e. The van der Waals surface area contributed by atoms with E-state index in [2.05, 4.69) is 10.6 Å². The monoisotopic (exact) mass is 386 g/mol. The van der Waals surface area contributed by atoms with Gasteiger partial charge in [-0.15, -0.1) is 0 Å². The number of likely N-dealkylation sites (tertiary alicyclic amines) is 1. The van der Waals surface area contributed by atoms with Gasteiger partial charge in [-0.1, -0.05) is 13.3 Å². The van der Waals surface area contributed by atoms with Crippen LogP contribution in [0.5, 0.6) is 0 Å². The summed E-state index contributed by atoms with van der Waals surface area (Å²) in [5.41, 5.74) is -0.0756. The van der Waals surface area contributed by atoms with E-state index in [1.54, 1.807) is 36.1 Å². The van der Waals surface area contributed by atoms with Crippen LogP contribution in [0.2, 0.25) is 0 Å². The van der Waals surface area contributed by atoms with Gasteiger partial charge >= 0.3 is 12.0 Å². The van der Waals surface area contributed by atoms with Gasteiger partial charge in [0.25, 0.3) is 0 Å². The summed E-state index contributed by atoms with van der Waals surface area (Å²) in [5, 5.41) is 23.4. The molecule has 1 fully saturated rings. The van der Waals surface area contributed by atoms with Gasteiger partial charge in [0.1, 0.15) is 5.54 Å². The van der Waals surface area contributed by atoms with E-state index in [9.17, 15) is 14.4 Å². The Labute approximate surface area is 164 Å². The molecule has 150 valence electrons. The van der Waals surface area contributed by atoms with E-state index in [0.717, 1.165) is 0 Å². The van der Waals surface area contributed by atoms with Gasteiger partial charge < -0.3 is 20.6 Å². The molecule has 1 aromatic carbocycles. The molecule has 1 heterocycles. The number of carbonyl (C=O) groups excluding carboxylic acids is 2. The van der Waals surface area contributed by atoms with Gasteiger partial charge in [-0.25, -0.2) is 4.79 Å². The highest BCUT2D eigenvalue weighted by Gasteiger charge is 2.39. The molecule has 1 unspecified atom stereocenters. The van der Waals surface area contributed by atoms with Gasteiger partial charge in [0.05, 0.1) is 17.6 Å². The van der Waals surface area contributed by atoms with E-state index >= 15 is 0 Å². The number of carboxylic acid groups (broad SMARTS) is 1. The number of aliphatic carboxylic acids is 1. The smallest absolute Gasteiger partial charge is 0.320 e. The minimum absolute atomic E-state index is 0.201. The summed E-state index contributed by atoms with van der Waals surface area (Å²) < 4.78 is 0. The van der Waals surface area contributed by atoms with E-state index in [1.807, 2.05) is 13.0 Å². The Balaban J connectivity index is 2.02. The Morgan fingerprint density at radius 2 is 1.86 bits per heavy atom. The third-order valence-electron chi connectivity index (χ3n) is 5.01. The number of nitrogens with zero attached hydrogens (tertiary/aromatic N) is 2. The van der Waals surface area contributed by atoms with Gasteiger partial charge in [-0.3, -0.25) is 9.59 Å². The third kappa shape index (κ3) is 5.22. The molecule has 1 saturated heterocycles. The van der Waals surface area contributed by atoms with Crippen molar-refractivity contribution in [1.29, 1.82) is 5.26 Å². The first kappa shape index (κ1) is 21.2. The normalized spacial score (nSPS) is 16.5. The van der Waals surface area contributed by atoms with Crippen LogP contribution in [0.15, 0.2) is 24.3 Å². The van der Waals surface area contributed by atoms with Crippen LogP contribution >= 0.6 is 0 Å². The lowest BCUT2D eigenvalue weighted by Crippen LogP contribution is -2.59. The molecule has 3 N–H and O–H groups in total. The van der Waals surface area contributed by atoms with Gasteiger partial charge in [0.2, 0.25) is 5.91 Å². The van der Waals surface area contributed by atoms with Crippen LogP contribution in [0.4, 0.5) is 10.5 Å². The highest BCUT2D eigenvalue weighted by atomic mass is 16.4. The average molecular weight is 386 g/mol. The molecule has 0 bridgehead atoms. The fraction of sp³-hybridized carbons (Fsp3) is 0.500. The minimum atomic E-state index is -1.08. The number of anilines is 1. The highest BCUT2D eigenvalue weighted by Crippen LogP contribution is 2.23. The van der Waals surface area contributed by atoms with Crippen molar-refractivity contribution in [2.75, 3.05) is 18.4 Å². The van der Waals surface area contributed by atoms with Gasteiger partial charge in [-0.05, 0) is 50.5 Å². The Kier molecular flexibility index (Phi) is 6.99. The number of amides is 3. The molecule has 28 heavy (non-hydrogen) atoms. The van der Waals surface area contributed by atoms with Crippen LogP contribution in [-0.2, 0) is 9.59 Å². The SMILES string of the molecule is CCCC(C)(NC(=O)Nc1ccc(C#N)cc1)C(=O)N1CCC(C(=O)O)CC1. The number of nitrogens with one attached hydrogen (secondary N) is 2. The summed E-state index contributed by atoms with van der Waals surface area (Å²) in [6.45, 7) is 4.37. The largest absolute Gasteiger partial charge is 0.481 e. The molecule has 1 atom stereocenters. The topological polar surface area (TPSA) is 123 Å². The molecular formula is C20H26N4O4. The number of urea groups is 1. The van der Waals surface area contributed by atoms with E-state index in [4.69, 9.17) is 10.4 Å². The van der Waals surface area contributed by atoms with Crippen molar-refractivity contribution in [3.8, 4) is 6.07 Å². The standard InChI is InChI=1S/C20H26N4O4/c1-3-10-20(2,18(27)24-11-8-15(9-12-24)17(25)26)23-19(28)22-16-6-4-14(13-21)5-7-16/h4-7,15H,3,8-12H2,1-2H3,(H,25,26)(H2,22,23,28). The Morgan fingerprint density at radius 3 is 2.36 bits per heavy atom. The number of hydrogen-bond donors (Lipinski definition) is 3. The summed E-state index contributed by atoms with van der Waals surface area (Å²) in [6, 6.07) is 7.93. The maximum absolute atomic E-state index is 13.1. The van der Waals surface area contributed by atoms with Crippen molar-refractivity contribution >= 4 is 23.6 Å². The molecule has 8 heteroatoms. The van der Waals surface area contributed by atoms with E-state index in [1.165, 1.54) is 0 Å². The molecule has 8 nitrogen and oxygen atoms in total. The predicted octanol–water partition coefficient (Wildman–Crippen LogP) is 2.56. The number of hydrogen-bond acceptors (Lipinski definition) is 4. The molecule has 1 aliphatic heterocycles. The van der Waals surface area contributed by atoms with Crippen molar-refractivity contribution in [3.05, 3.63) is 29.8 Å². The summed E-state index contributed by atoms with van der Waals surface area (Å²) in [6.07, 6.45) is 2.00. The van der Waals surface area contributed by atoms with E-state index < -0.39 is 23.5 Å². The molecule has 1 aliphatic rings. The molecule has 0 saturated carbocycles. The second kappa shape index (κ2) is 9.22. The van der Waals surface area contributed by atoms with Crippen molar-refractivity contribution < 1.29 is 19.5 Å². The van der Waals surface area contributed by atoms with Crippen molar-refractivity contribution in [2.24, 2.45) is 5.92 Å². The van der Waals surface area contributed by atoms with Crippen LogP contribution in [-0.4, -0.2) is 46.5 Å². The van der Waals surface area contributed by atoms with Crippen LogP contribution in [0.25, 0.3) is 0 Å². The number of carboxylic acids is 1. The zero-order valence-corrected chi connectivity index (χ0v) is 16.2. The van der Waals surface area contributed by atoms with Crippen LogP contribution in [0, 0.1) is 17.2 Å². The summed E-state index contributed by atoms with van der Waals surface area (Å²) in [7, 11) is 0. The molecule has 0 aliphatic carbocycles. The molecule has 0 radical (unpaired) electrons. The number of rotatable bonds is 6. The molecule has 0 aromatic heterocycles. The van der Waals surface area contributed by atoms with Crippen molar-refractivity contribution in [1.82, 2.24) is 10.2 Å². The van der Waals surface area contributed by atoms with Crippen LogP contribution < -0.4 is 10.6 Å². The van der Waals surface area contributed by atoms with Crippen molar-refractivity contribution in [3.63, 3.8) is 0 Å². The number of nitriles is 1. The quantitative estimate of drug-likeness (QED) is 0.693. The van der Waals surface area contributed by atoms with E-state index in [-0.39, 0.29) is 5.91 Å². The maximum atomic E-state index is 13.1. The van der Waals surface area contributed by atoms with Crippen LogP contribution in [0.1, 0.15) is 45.1 Å². The lowest BCUT2D eigenvalue weighted by molar-refractivity contribution is -0.147. The molecule has 0 spiro atoms. The zero-order valence-electron chi connectivity index (χ0n) is 16.2. The van der Waals surface area contributed by atoms with Gasteiger partial charge in [0, 0.05) is 18.8 Å². The molecular weight excluding hydrogens is 360 g/mol. The second-order valence-electron chi connectivity index (χ2n) is 7.26. The third-order valence-corrected chi connectivity index (χ3v) is 5.01. The fourth-order valence-corrected chi connectivity index (χ4v) is 3.44. The van der Waals surface area contributed by atoms with Crippen LogP contribution in [0.3, 0.4) is 0 Å². The molecule has 1 aromatic rings. The van der Waals surface area contributed by atoms with Crippen molar-refractivity contribution in [2.45, 2.75) is 45.1 Å². The zero-order chi connectivity index (χ0) is 20.7. The second-order valence-corrected chi connectivity index (χ2v) is 7.26. The molecule has 2 rings (SSSR count). The number of piperidine rings is 1. The van der Waals surface area contributed by atoms with Gasteiger partial charge in [0.15, 0.2) is 0 Å². The van der Waals surface area contributed by atoms with Gasteiger partial charge in [-0.2, -0.15) is 5.26 Å². The first-order valence-electron chi connectivity index (χ1n) is 9.40. The summed E-state index contributed by atoms with van der Waals surface area (Å²) >= 11 is 0. The number of carbonyl (C=O) groups is 3. The molecule has 3 amide bonds. The minimum Gasteiger partial charge on any atom is -0.481 e. The van der Waals surface area contributed by atoms with E-state index in [0.29, 0.717) is 50.0 Å². The lowest BCUT2D eigenvalue weighted by atomic mass is 9.91. The highest BCUT2D eigenvalue weighted by molar-refractivity contribution is 5.96. The fourth-order valence-electron chi connectivity index (χ4n) is 3.44. The Hall–Kier alpha value is -3.08. The Bertz CT molecular complexity index is 763. The summed E-state index contributed by atoms with van der Waals surface area (Å²) in [5.74, 6) is -1.45.